The number of nitrogen functional groups attached to an aromatic ring is 1. The lowest BCUT2D eigenvalue weighted by molar-refractivity contribution is -0.147. The summed E-state index contributed by atoms with van der Waals surface area (Å²) in [6.07, 6.45) is 0.492. The average Bonchev–Trinajstić information content (AvgIpc) is 2.82. The van der Waals surface area contributed by atoms with Crippen molar-refractivity contribution in [2.24, 2.45) is 5.41 Å². The molecule has 5 nitrogen and oxygen atoms in total. The molecule has 2 rings (SSSR count). The lowest BCUT2D eigenvalue weighted by atomic mass is 9.83. The molecule has 1 aliphatic heterocycles. The van der Waals surface area contributed by atoms with Crippen molar-refractivity contribution in [3.63, 3.8) is 0 Å². The fourth-order valence-electron chi connectivity index (χ4n) is 2.73. The number of anilines is 1. The van der Waals surface area contributed by atoms with Crippen LogP contribution >= 0.6 is 0 Å². The number of carboxylic acid groups (broad SMARTS) is 1. The van der Waals surface area contributed by atoms with Gasteiger partial charge in [-0.3, -0.25) is 9.59 Å². The van der Waals surface area contributed by atoms with Gasteiger partial charge in [-0.05, 0) is 44.9 Å². The van der Waals surface area contributed by atoms with Crippen LogP contribution in [0.4, 0.5) is 5.69 Å². The zero-order chi connectivity index (χ0) is 15.8. The molecule has 21 heavy (non-hydrogen) atoms. The maximum atomic E-state index is 12.8. The van der Waals surface area contributed by atoms with Gasteiger partial charge in [-0.1, -0.05) is 12.1 Å². The number of nitrogens with two attached hydrogens (primary N) is 1. The van der Waals surface area contributed by atoms with Crippen molar-refractivity contribution in [3.8, 4) is 0 Å². The summed E-state index contributed by atoms with van der Waals surface area (Å²) in [5.41, 5.74) is 5.67. The summed E-state index contributed by atoms with van der Waals surface area (Å²) < 4.78 is 0. The van der Waals surface area contributed by atoms with Crippen LogP contribution in [0.5, 0.6) is 0 Å². The van der Waals surface area contributed by atoms with E-state index in [-0.39, 0.29) is 12.5 Å². The Morgan fingerprint density at radius 1 is 1.29 bits per heavy atom. The largest absolute Gasteiger partial charge is 0.481 e. The van der Waals surface area contributed by atoms with E-state index in [2.05, 4.69) is 0 Å². The van der Waals surface area contributed by atoms with Gasteiger partial charge in [0.1, 0.15) is 0 Å². The summed E-state index contributed by atoms with van der Waals surface area (Å²) in [6.45, 7) is 6.16. The van der Waals surface area contributed by atoms with Gasteiger partial charge in [0.05, 0.1) is 10.8 Å². The number of carboxylic acids is 1. The van der Waals surface area contributed by atoms with Crippen molar-refractivity contribution in [1.29, 1.82) is 0 Å². The maximum absolute atomic E-state index is 12.8. The van der Waals surface area contributed by atoms with Crippen LogP contribution in [-0.4, -0.2) is 35.0 Å². The molecule has 0 bridgehead atoms. The summed E-state index contributed by atoms with van der Waals surface area (Å²) >= 11 is 0. The molecule has 1 amide bonds. The van der Waals surface area contributed by atoms with Gasteiger partial charge in [0.2, 0.25) is 5.91 Å². The predicted octanol–water partition coefficient (Wildman–Crippen LogP) is 1.87. The average molecular weight is 290 g/mol. The maximum Gasteiger partial charge on any atom is 0.311 e. The number of carbonyl (C=O) groups is 2. The quantitative estimate of drug-likeness (QED) is 0.832. The number of amides is 1. The summed E-state index contributed by atoms with van der Waals surface area (Å²) in [4.78, 5) is 25.7. The van der Waals surface area contributed by atoms with Gasteiger partial charge >= 0.3 is 5.97 Å². The molecule has 114 valence electrons. The predicted molar refractivity (Wildman–Crippen MR) is 80.8 cm³/mol. The number of carbonyl (C=O) groups excluding carboxylic acids is 1. The van der Waals surface area contributed by atoms with Gasteiger partial charge in [-0.2, -0.15) is 0 Å². The molecule has 1 aromatic rings. The Kier molecular flexibility index (Phi) is 3.70. The van der Waals surface area contributed by atoms with Gasteiger partial charge in [0.15, 0.2) is 0 Å². The highest BCUT2D eigenvalue weighted by atomic mass is 16.4. The third kappa shape index (κ3) is 2.73. The number of hydrogen-bond donors (Lipinski definition) is 2. The summed E-state index contributed by atoms with van der Waals surface area (Å²) in [5, 5.41) is 9.27. The van der Waals surface area contributed by atoms with E-state index in [9.17, 15) is 14.7 Å². The van der Waals surface area contributed by atoms with Crippen molar-refractivity contribution < 1.29 is 14.7 Å². The van der Waals surface area contributed by atoms with E-state index in [1.807, 2.05) is 26.0 Å². The van der Waals surface area contributed by atoms with E-state index in [1.165, 1.54) is 0 Å². The lowest BCUT2D eigenvalue weighted by Crippen LogP contribution is -2.44. The van der Waals surface area contributed by atoms with Crippen LogP contribution in [0.15, 0.2) is 24.3 Å². The van der Waals surface area contributed by atoms with Crippen molar-refractivity contribution >= 4 is 17.6 Å². The Morgan fingerprint density at radius 2 is 1.86 bits per heavy atom. The van der Waals surface area contributed by atoms with E-state index < -0.39 is 16.8 Å². The third-order valence-electron chi connectivity index (χ3n) is 4.44. The van der Waals surface area contributed by atoms with Gasteiger partial charge in [-0.15, -0.1) is 0 Å². The highest BCUT2D eigenvalue weighted by Gasteiger charge is 2.45. The minimum atomic E-state index is -0.844. The van der Waals surface area contributed by atoms with E-state index in [0.29, 0.717) is 18.7 Å². The molecule has 1 aromatic carbocycles. The minimum absolute atomic E-state index is 0.0442. The normalized spacial score (nSPS) is 22.3. The van der Waals surface area contributed by atoms with Gasteiger partial charge in [-0.25, -0.2) is 0 Å². The summed E-state index contributed by atoms with van der Waals surface area (Å²) in [5.74, 6) is -0.889. The fraction of sp³-hybridized carbons (Fsp3) is 0.500. The SMILES string of the molecule is CC1(C(=O)O)CCN(C(=O)C(C)(C)c2ccc(N)cc2)C1. The fourth-order valence-corrected chi connectivity index (χ4v) is 2.73. The second-order valence-corrected chi connectivity index (χ2v) is 6.59. The number of benzene rings is 1. The van der Waals surface area contributed by atoms with Crippen molar-refractivity contribution in [2.75, 3.05) is 18.8 Å². The molecule has 1 unspecified atom stereocenters. The Balaban J connectivity index is 2.20. The second kappa shape index (κ2) is 5.06. The van der Waals surface area contributed by atoms with Gasteiger partial charge in [0.25, 0.3) is 0 Å². The Morgan fingerprint density at radius 3 is 2.33 bits per heavy atom. The Bertz CT molecular complexity index is 565. The molecule has 0 saturated carbocycles. The standard InChI is InChI=1S/C16H22N2O3/c1-15(2,11-4-6-12(17)7-5-11)13(19)18-9-8-16(3,10-18)14(20)21/h4-7H,8-10,17H2,1-3H3,(H,20,21). The van der Waals surface area contributed by atoms with Crippen LogP contribution < -0.4 is 5.73 Å². The van der Waals surface area contributed by atoms with Crippen LogP contribution in [0.2, 0.25) is 0 Å². The summed E-state index contributed by atoms with van der Waals surface area (Å²) in [7, 11) is 0. The Labute approximate surface area is 124 Å². The molecule has 0 aliphatic carbocycles. The number of nitrogens with zero attached hydrogens (tertiary/aromatic N) is 1. The third-order valence-corrected chi connectivity index (χ3v) is 4.44. The molecule has 0 aromatic heterocycles. The first-order chi connectivity index (χ1) is 9.67. The highest BCUT2D eigenvalue weighted by molar-refractivity contribution is 5.88. The number of likely N-dealkylation sites (tertiary alicyclic amines) is 1. The molecule has 1 atom stereocenters. The van der Waals surface area contributed by atoms with Gasteiger partial charge in [0, 0.05) is 18.8 Å². The molecule has 1 saturated heterocycles. The van der Waals surface area contributed by atoms with Crippen LogP contribution in [0, 0.1) is 5.41 Å². The summed E-state index contributed by atoms with van der Waals surface area (Å²) in [6, 6.07) is 7.24. The minimum Gasteiger partial charge on any atom is -0.481 e. The lowest BCUT2D eigenvalue weighted by Gasteiger charge is -2.30. The van der Waals surface area contributed by atoms with Crippen LogP contribution in [-0.2, 0) is 15.0 Å². The van der Waals surface area contributed by atoms with Crippen LogP contribution in [0.25, 0.3) is 0 Å². The zero-order valence-electron chi connectivity index (χ0n) is 12.7. The highest BCUT2D eigenvalue weighted by Crippen LogP contribution is 2.34. The molecule has 3 N–H and O–H groups in total. The molecule has 5 heteroatoms. The van der Waals surface area contributed by atoms with Crippen molar-refractivity contribution in [2.45, 2.75) is 32.6 Å². The first-order valence-electron chi connectivity index (χ1n) is 7.06. The van der Waals surface area contributed by atoms with E-state index in [1.54, 1.807) is 24.0 Å². The van der Waals surface area contributed by atoms with E-state index in [0.717, 1.165) is 5.56 Å². The topological polar surface area (TPSA) is 83.6 Å². The van der Waals surface area contributed by atoms with E-state index in [4.69, 9.17) is 5.73 Å². The first kappa shape index (κ1) is 15.4. The van der Waals surface area contributed by atoms with Crippen LogP contribution in [0.3, 0.4) is 0 Å². The first-order valence-corrected chi connectivity index (χ1v) is 7.06. The molecule has 1 heterocycles. The monoisotopic (exact) mass is 290 g/mol. The Hall–Kier alpha value is -2.04. The molecular weight excluding hydrogens is 268 g/mol. The van der Waals surface area contributed by atoms with Crippen LogP contribution in [0.1, 0.15) is 32.8 Å². The molecular formula is C16H22N2O3. The molecule has 1 aliphatic rings. The number of rotatable bonds is 3. The zero-order valence-corrected chi connectivity index (χ0v) is 12.7. The van der Waals surface area contributed by atoms with E-state index >= 15 is 0 Å². The van der Waals surface area contributed by atoms with Gasteiger partial charge < -0.3 is 15.7 Å². The second-order valence-electron chi connectivity index (χ2n) is 6.59. The number of hydrogen-bond acceptors (Lipinski definition) is 3. The van der Waals surface area contributed by atoms with Crippen molar-refractivity contribution in [3.05, 3.63) is 29.8 Å². The molecule has 1 fully saturated rings. The van der Waals surface area contributed by atoms with Crippen molar-refractivity contribution in [1.82, 2.24) is 4.90 Å². The smallest absolute Gasteiger partial charge is 0.311 e. The number of aliphatic carboxylic acids is 1. The molecule has 0 radical (unpaired) electrons. The molecule has 0 spiro atoms.